The first-order chi connectivity index (χ1) is 6.02. The van der Waals surface area contributed by atoms with Crippen LogP contribution in [0.5, 0.6) is 0 Å². The number of nitrogens with two attached hydrogens (primary N) is 2. The van der Waals surface area contributed by atoms with Crippen LogP contribution in [0, 0.1) is 11.9 Å². The van der Waals surface area contributed by atoms with Gasteiger partial charge in [-0.15, -0.1) is 0 Å². The van der Waals surface area contributed by atoms with Crippen LogP contribution in [0.15, 0.2) is 12.3 Å². The standard InChI is InChI=1S/C9H14FN3/c1-5(2)8(12)6-3-7(11)9(10)13-4-6/h3-5,8H,11-12H2,1-2H3. The van der Waals surface area contributed by atoms with E-state index in [1.807, 2.05) is 13.8 Å². The molecule has 3 nitrogen and oxygen atoms in total. The van der Waals surface area contributed by atoms with Gasteiger partial charge in [0.25, 0.3) is 0 Å². The van der Waals surface area contributed by atoms with E-state index in [1.165, 1.54) is 12.3 Å². The molecule has 1 aromatic heterocycles. The lowest BCUT2D eigenvalue weighted by Gasteiger charge is -2.15. The van der Waals surface area contributed by atoms with Crippen LogP contribution in [-0.4, -0.2) is 4.98 Å². The Hall–Kier alpha value is -1.16. The fourth-order valence-corrected chi connectivity index (χ4v) is 1.05. The van der Waals surface area contributed by atoms with E-state index in [0.717, 1.165) is 5.56 Å². The summed E-state index contributed by atoms with van der Waals surface area (Å²) in [6, 6.07) is 1.39. The zero-order valence-corrected chi connectivity index (χ0v) is 7.79. The highest BCUT2D eigenvalue weighted by molar-refractivity contribution is 5.39. The van der Waals surface area contributed by atoms with Crippen LogP contribution < -0.4 is 11.5 Å². The first-order valence-electron chi connectivity index (χ1n) is 4.19. The smallest absolute Gasteiger partial charge is 0.236 e. The molecule has 13 heavy (non-hydrogen) atoms. The number of nitrogen functional groups attached to an aromatic ring is 1. The predicted molar refractivity (Wildman–Crippen MR) is 50.4 cm³/mol. The summed E-state index contributed by atoms with van der Waals surface area (Å²) in [5.74, 6) is -0.355. The van der Waals surface area contributed by atoms with E-state index in [0.29, 0.717) is 0 Å². The number of aromatic nitrogens is 1. The Morgan fingerprint density at radius 2 is 2.08 bits per heavy atom. The van der Waals surface area contributed by atoms with Crippen LogP contribution >= 0.6 is 0 Å². The van der Waals surface area contributed by atoms with Crippen LogP contribution in [0.4, 0.5) is 10.1 Å². The topological polar surface area (TPSA) is 64.9 Å². The Labute approximate surface area is 77.0 Å². The molecule has 0 fully saturated rings. The summed E-state index contributed by atoms with van der Waals surface area (Å²) in [5.41, 5.74) is 12.0. The first kappa shape index (κ1) is 9.92. The van der Waals surface area contributed by atoms with Crippen LogP contribution in [0.2, 0.25) is 0 Å². The van der Waals surface area contributed by atoms with Crippen LogP contribution in [0.25, 0.3) is 0 Å². The minimum Gasteiger partial charge on any atom is -0.395 e. The van der Waals surface area contributed by atoms with Gasteiger partial charge in [0.15, 0.2) is 0 Å². The zero-order valence-electron chi connectivity index (χ0n) is 7.79. The van der Waals surface area contributed by atoms with Gasteiger partial charge in [0.05, 0.1) is 5.69 Å². The minimum absolute atomic E-state index is 0.0496. The molecule has 0 aliphatic rings. The second-order valence-electron chi connectivity index (χ2n) is 3.42. The maximum absolute atomic E-state index is 12.7. The molecule has 1 aromatic rings. The van der Waals surface area contributed by atoms with Crippen molar-refractivity contribution >= 4 is 5.69 Å². The van der Waals surface area contributed by atoms with E-state index in [9.17, 15) is 4.39 Å². The molecule has 1 heterocycles. The molecular formula is C9H14FN3. The van der Waals surface area contributed by atoms with E-state index in [-0.39, 0.29) is 17.6 Å². The summed E-state index contributed by atoms with van der Waals surface area (Å²) in [4.78, 5) is 3.51. The number of hydrogen-bond acceptors (Lipinski definition) is 3. The fraction of sp³-hybridized carbons (Fsp3) is 0.444. The lowest BCUT2D eigenvalue weighted by Crippen LogP contribution is -2.17. The maximum Gasteiger partial charge on any atom is 0.236 e. The Morgan fingerprint density at radius 1 is 1.46 bits per heavy atom. The van der Waals surface area contributed by atoms with E-state index in [1.54, 1.807) is 0 Å². The molecule has 0 saturated heterocycles. The van der Waals surface area contributed by atoms with Crippen molar-refractivity contribution in [2.75, 3.05) is 5.73 Å². The predicted octanol–water partition coefficient (Wildman–Crippen LogP) is 1.46. The third-order valence-electron chi connectivity index (χ3n) is 1.99. The zero-order chi connectivity index (χ0) is 10.0. The summed E-state index contributed by atoms with van der Waals surface area (Å²) in [6.45, 7) is 3.98. The first-order valence-corrected chi connectivity index (χ1v) is 4.19. The van der Waals surface area contributed by atoms with E-state index in [2.05, 4.69) is 4.98 Å². The Bertz CT molecular complexity index is 299. The Morgan fingerprint density at radius 3 is 2.54 bits per heavy atom. The molecule has 0 aliphatic heterocycles. The molecule has 0 amide bonds. The van der Waals surface area contributed by atoms with Crippen molar-refractivity contribution in [1.29, 1.82) is 0 Å². The molecule has 0 aliphatic carbocycles. The monoisotopic (exact) mass is 183 g/mol. The van der Waals surface area contributed by atoms with Gasteiger partial charge in [-0.05, 0) is 17.5 Å². The van der Waals surface area contributed by atoms with Crippen LogP contribution in [-0.2, 0) is 0 Å². The fourth-order valence-electron chi connectivity index (χ4n) is 1.05. The average Bonchev–Trinajstić information content (AvgIpc) is 2.08. The Kier molecular flexibility index (Phi) is 2.83. The van der Waals surface area contributed by atoms with Crippen molar-refractivity contribution in [3.8, 4) is 0 Å². The summed E-state index contributed by atoms with van der Waals surface area (Å²) in [7, 11) is 0. The van der Waals surface area contributed by atoms with Gasteiger partial charge >= 0.3 is 0 Å². The van der Waals surface area contributed by atoms with Gasteiger partial charge in [0, 0.05) is 12.2 Å². The molecule has 0 bridgehead atoms. The number of hydrogen-bond donors (Lipinski definition) is 2. The molecule has 0 spiro atoms. The van der Waals surface area contributed by atoms with Crippen molar-refractivity contribution in [3.63, 3.8) is 0 Å². The number of anilines is 1. The third-order valence-corrected chi connectivity index (χ3v) is 1.99. The number of halogens is 1. The lowest BCUT2D eigenvalue weighted by molar-refractivity contribution is 0.509. The van der Waals surface area contributed by atoms with Gasteiger partial charge in [-0.25, -0.2) is 4.98 Å². The quantitative estimate of drug-likeness (QED) is 0.682. The second-order valence-corrected chi connectivity index (χ2v) is 3.42. The van der Waals surface area contributed by atoms with Gasteiger partial charge in [0.1, 0.15) is 0 Å². The molecule has 1 atom stereocenters. The number of pyridine rings is 1. The van der Waals surface area contributed by atoms with Crippen LogP contribution in [0.3, 0.4) is 0 Å². The largest absolute Gasteiger partial charge is 0.395 e. The molecule has 72 valence electrons. The van der Waals surface area contributed by atoms with Gasteiger partial charge < -0.3 is 11.5 Å². The summed E-state index contributed by atoms with van der Waals surface area (Å²) in [6.07, 6.45) is 1.43. The van der Waals surface area contributed by atoms with E-state index < -0.39 is 5.95 Å². The van der Waals surface area contributed by atoms with Crippen LogP contribution in [0.1, 0.15) is 25.5 Å². The van der Waals surface area contributed by atoms with Crippen molar-refractivity contribution < 1.29 is 4.39 Å². The summed E-state index contributed by atoms with van der Waals surface area (Å²) in [5, 5.41) is 0. The highest BCUT2D eigenvalue weighted by Gasteiger charge is 2.12. The van der Waals surface area contributed by atoms with Crippen molar-refractivity contribution in [2.45, 2.75) is 19.9 Å². The normalized spacial score (nSPS) is 13.3. The van der Waals surface area contributed by atoms with Gasteiger partial charge in [-0.3, -0.25) is 0 Å². The van der Waals surface area contributed by atoms with E-state index >= 15 is 0 Å². The minimum atomic E-state index is -0.639. The second kappa shape index (κ2) is 3.70. The van der Waals surface area contributed by atoms with Gasteiger partial charge in [0.2, 0.25) is 5.95 Å². The highest BCUT2D eigenvalue weighted by Crippen LogP contribution is 2.20. The average molecular weight is 183 g/mol. The third kappa shape index (κ3) is 2.15. The molecule has 4 heteroatoms. The molecule has 0 saturated carbocycles. The van der Waals surface area contributed by atoms with Crippen molar-refractivity contribution in [3.05, 3.63) is 23.8 Å². The molecule has 0 aromatic carbocycles. The maximum atomic E-state index is 12.7. The molecule has 0 radical (unpaired) electrons. The van der Waals surface area contributed by atoms with Crippen molar-refractivity contribution in [1.82, 2.24) is 4.98 Å². The number of rotatable bonds is 2. The van der Waals surface area contributed by atoms with Crippen molar-refractivity contribution in [2.24, 2.45) is 11.7 Å². The molecule has 4 N–H and O–H groups in total. The molecule has 1 unspecified atom stereocenters. The lowest BCUT2D eigenvalue weighted by atomic mass is 9.98. The van der Waals surface area contributed by atoms with Gasteiger partial charge in [-0.2, -0.15) is 4.39 Å². The molecular weight excluding hydrogens is 169 g/mol. The highest BCUT2D eigenvalue weighted by atomic mass is 19.1. The SMILES string of the molecule is CC(C)C(N)c1cnc(F)c(N)c1. The molecule has 1 rings (SSSR count). The van der Waals surface area contributed by atoms with Gasteiger partial charge in [-0.1, -0.05) is 13.8 Å². The van der Waals surface area contributed by atoms with E-state index in [4.69, 9.17) is 11.5 Å². The summed E-state index contributed by atoms with van der Waals surface area (Å²) < 4.78 is 12.7. The Balaban J connectivity index is 2.97. The summed E-state index contributed by atoms with van der Waals surface area (Å²) >= 11 is 0. The number of nitrogens with zero attached hydrogens (tertiary/aromatic N) is 1.